The van der Waals surface area contributed by atoms with Gasteiger partial charge in [-0.25, -0.2) is 0 Å². The SMILES string of the molecule is O=C(NC1CCCc2occc21)C1CCCCN1C(=O)c1cccs1. The summed E-state index contributed by atoms with van der Waals surface area (Å²) in [5, 5.41) is 5.07. The zero-order valence-electron chi connectivity index (χ0n) is 14.1. The van der Waals surface area contributed by atoms with Crippen molar-refractivity contribution >= 4 is 23.2 Å². The van der Waals surface area contributed by atoms with E-state index in [1.807, 2.05) is 23.6 Å². The first-order valence-electron chi connectivity index (χ1n) is 8.95. The summed E-state index contributed by atoms with van der Waals surface area (Å²) < 4.78 is 5.51. The van der Waals surface area contributed by atoms with E-state index in [9.17, 15) is 9.59 Å². The van der Waals surface area contributed by atoms with Gasteiger partial charge in [-0.2, -0.15) is 0 Å². The molecular formula is C19H22N2O3S. The topological polar surface area (TPSA) is 62.6 Å². The van der Waals surface area contributed by atoms with Gasteiger partial charge in [0.25, 0.3) is 5.91 Å². The summed E-state index contributed by atoms with van der Waals surface area (Å²) in [7, 11) is 0. The highest BCUT2D eigenvalue weighted by Gasteiger charge is 2.35. The highest BCUT2D eigenvalue weighted by Crippen LogP contribution is 2.31. The molecule has 0 aromatic carbocycles. The van der Waals surface area contributed by atoms with Gasteiger partial charge >= 0.3 is 0 Å². The van der Waals surface area contributed by atoms with E-state index in [2.05, 4.69) is 5.32 Å². The molecule has 1 N–H and O–H groups in total. The van der Waals surface area contributed by atoms with Crippen molar-refractivity contribution in [3.05, 3.63) is 46.0 Å². The molecule has 2 aliphatic rings. The van der Waals surface area contributed by atoms with Crippen LogP contribution in [0.1, 0.15) is 59.1 Å². The molecule has 2 unspecified atom stereocenters. The maximum atomic E-state index is 13.0. The first-order valence-corrected chi connectivity index (χ1v) is 9.83. The predicted molar refractivity (Wildman–Crippen MR) is 95.5 cm³/mol. The van der Waals surface area contributed by atoms with Crippen LogP contribution >= 0.6 is 11.3 Å². The fraction of sp³-hybridized carbons (Fsp3) is 0.474. The number of nitrogens with zero attached hydrogens (tertiary/aromatic N) is 1. The molecule has 0 spiro atoms. The molecule has 0 radical (unpaired) electrons. The molecule has 3 heterocycles. The molecule has 0 bridgehead atoms. The summed E-state index contributed by atoms with van der Waals surface area (Å²) in [5.41, 5.74) is 1.09. The number of rotatable bonds is 3. The molecule has 6 heteroatoms. The smallest absolute Gasteiger partial charge is 0.264 e. The molecule has 1 saturated heterocycles. The van der Waals surface area contributed by atoms with Crippen LogP contribution in [0.15, 0.2) is 34.3 Å². The van der Waals surface area contributed by atoms with Gasteiger partial charge in [0.05, 0.1) is 17.2 Å². The van der Waals surface area contributed by atoms with E-state index in [-0.39, 0.29) is 23.9 Å². The van der Waals surface area contributed by atoms with E-state index in [0.29, 0.717) is 11.4 Å². The van der Waals surface area contributed by atoms with Gasteiger partial charge < -0.3 is 14.6 Å². The number of fused-ring (bicyclic) bond motifs is 1. The third kappa shape index (κ3) is 3.23. The number of furan rings is 1. The number of thiophene rings is 1. The monoisotopic (exact) mass is 358 g/mol. The average molecular weight is 358 g/mol. The Hall–Kier alpha value is -2.08. The van der Waals surface area contributed by atoms with Crippen LogP contribution in [0.25, 0.3) is 0 Å². The molecule has 1 fully saturated rings. The second-order valence-electron chi connectivity index (χ2n) is 6.74. The van der Waals surface area contributed by atoms with Gasteiger partial charge in [-0.05, 0) is 49.6 Å². The molecule has 132 valence electrons. The van der Waals surface area contributed by atoms with Crippen LogP contribution in [0.2, 0.25) is 0 Å². The lowest BCUT2D eigenvalue weighted by Crippen LogP contribution is -2.52. The Bertz CT molecular complexity index is 753. The van der Waals surface area contributed by atoms with Crippen molar-refractivity contribution < 1.29 is 14.0 Å². The maximum Gasteiger partial charge on any atom is 0.264 e. The van der Waals surface area contributed by atoms with Crippen molar-refractivity contribution in [2.45, 2.75) is 50.6 Å². The summed E-state index contributed by atoms with van der Waals surface area (Å²) in [6, 6.07) is 5.28. The Morgan fingerprint density at radius 3 is 2.96 bits per heavy atom. The quantitative estimate of drug-likeness (QED) is 0.913. The van der Waals surface area contributed by atoms with Gasteiger partial charge in [0.2, 0.25) is 5.91 Å². The number of nitrogens with one attached hydrogen (secondary N) is 1. The highest BCUT2D eigenvalue weighted by molar-refractivity contribution is 7.12. The van der Waals surface area contributed by atoms with Crippen molar-refractivity contribution in [1.82, 2.24) is 10.2 Å². The Kier molecular flexibility index (Phi) is 4.61. The number of carbonyl (C=O) groups is 2. The maximum absolute atomic E-state index is 13.0. The van der Waals surface area contributed by atoms with Crippen LogP contribution in [-0.2, 0) is 11.2 Å². The molecule has 1 aliphatic carbocycles. The van der Waals surface area contributed by atoms with E-state index in [4.69, 9.17) is 4.42 Å². The second kappa shape index (κ2) is 7.04. The van der Waals surface area contributed by atoms with Crippen molar-refractivity contribution in [2.24, 2.45) is 0 Å². The lowest BCUT2D eigenvalue weighted by molar-refractivity contribution is -0.127. The summed E-state index contributed by atoms with van der Waals surface area (Å²) in [6.45, 7) is 0.649. The standard InChI is InChI=1S/C19H22N2O3S/c22-18(20-14-5-3-7-16-13(14)9-11-24-16)15-6-1-2-10-21(15)19(23)17-8-4-12-25-17/h4,8-9,11-12,14-15H,1-3,5-7,10H2,(H,20,22). The molecule has 2 aromatic rings. The van der Waals surface area contributed by atoms with Crippen LogP contribution in [0.5, 0.6) is 0 Å². The Morgan fingerprint density at radius 2 is 2.12 bits per heavy atom. The molecule has 4 rings (SSSR count). The number of aryl methyl sites for hydroxylation is 1. The Morgan fingerprint density at radius 1 is 1.20 bits per heavy atom. The normalized spacial score (nSPS) is 23.1. The number of piperidine rings is 1. The van der Waals surface area contributed by atoms with Gasteiger partial charge in [0, 0.05) is 18.5 Å². The highest BCUT2D eigenvalue weighted by atomic mass is 32.1. The van der Waals surface area contributed by atoms with Crippen molar-refractivity contribution in [3.8, 4) is 0 Å². The van der Waals surface area contributed by atoms with Crippen LogP contribution in [0.4, 0.5) is 0 Å². The van der Waals surface area contributed by atoms with Gasteiger partial charge in [-0.15, -0.1) is 11.3 Å². The Labute approximate surface area is 151 Å². The first kappa shape index (κ1) is 16.4. The third-order valence-electron chi connectivity index (χ3n) is 5.17. The number of hydrogen-bond acceptors (Lipinski definition) is 4. The minimum Gasteiger partial charge on any atom is -0.469 e. The van der Waals surface area contributed by atoms with Crippen LogP contribution in [0.3, 0.4) is 0 Å². The van der Waals surface area contributed by atoms with E-state index >= 15 is 0 Å². The number of carbonyl (C=O) groups excluding carboxylic acids is 2. The minimum absolute atomic E-state index is 0.00406. The fourth-order valence-corrected chi connectivity index (χ4v) is 4.57. The third-order valence-corrected chi connectivity index (χ3v) is 6.02. The molecular weight excluding hydrogens is 336 g/mol. The van der Waals surface area contributed by atoms with E-state index < -0.39 is 0 Å². The fourth-order valence-electron chi connectivity index (χ4n) is 3.89. The van der Waals surface area contributed by atoms with Crippen LogP contribution in [-0.4, -0.2) is 29.3 Å². The van der Waals surface area contributed by atoms with E-state index in [0.717, 1.165) is 49.8 Å². The van der Waals surface area contributed by atoms with Crippen molar-refractivity contribution in [2.75, 3.05) is 6.54 Å². The predicted octanol–water partition coefficient (Wildman–Crippen LogP) is 3.53. The van der Waals surface area contributed by atoms with Gasteiger partial charge in [0.1, 0.15) is 11.8 Å². The van der Waals surface area contributed by atoms with Crippen molar-refractivity contribution in [3.63, 3.8) is 0 Å². The molecule has 5 nitrogen and oxygen atoms in total. The lowest BCUT2D eigenvalue weighted by Gasteiger charge is -2.35. The lowest BCUT2D eigenvalue weighted by atomic mass is 9.92. The van der Waals surface area contributed by atoms with E-state index in [1.165, 1.54) is 11.3 Å². The minimum atomic E-state index is -0.374. The summed E-state index contributed by atoms with van der Waals surface area (Å²) in [5.74, 6) is 0.915. The van der Waals surface area contributed by atoms with Crippen LogP contribution in [0, 0.1) is 0 Å². The van der Waals surface area contributed by atoms with Gasteiger partial charge in [-0.1, -0.05) is 6.07 Å². The second-order valence-corrected chi connectivity index (χ2v) is 7.69. The van der Waals surface area contributed by atoms with Crippen LogP contribution < -0.4 is 5.32 Å². The molecule has 0 saturated carbocycles. The zero-order valence-corrected chi connectivity index (χ0v) is 14.9. The number of likely N-dealkylation sites (tertiary alicyclic amines) is 1. The van der Waals surface area contributed by atoms with Gasteiger partial charge in [-0.3, -0.25) is 9.59 Å². The summed E-state index contributed by atoms with van der Waals surface area (Å²) >= 11 is 1.43. The molecule has 1 aliphatic heterocycles. The average Bonchev–Trinajstić information content (AvgIpc) is 3.33. The molecule has 2 atom stereocenters. The first-order chi connectivity index (χ1) is 12.2. The molecule has 2 amide bonds. The number of amides is 2. The summed E-state index contributed by atoms with van der Waals surface area (Å²) in [4.78, 5) is 28.2. The number of hydrogen-bond donors (Lipinski definition) is 1. The molecule has 25 heavy (non-hydrogen) atoms. The summed E-state index contributed by atoms with van der Waals surface area (Å²) in [6.07, 6.45) is 7.22. The molecule has 2 aromatic heterocycles. The van der Waals surface area contributed by atoms with Gasteiger partial charge in [0.15, 0.2) is 0 Å². The largest absolute Gasteiger partial charge is 0.469 e. The van der Waals surface area contributed by atoms with Crippen molar-refractivity contribution in [1.29, 1.82) is 0 Å². The zero-order chi connectivity index (χ0) is 17.2. The Balaban J connectivity index is 1.49. The van der Waals surface area contributed by atoms with E-state index in [1.54, 1.807) is 11.2 Å².